The Labute approximate surface area is 183 Å². The van der Waals surface area contributed by atoms with Gasteiger partial charge in [-0.25, -0.2) is 4.79 Å². The van der Waals surface area contributed by atoms with Crippen molar-refractivity contribution < 1.29 is 0 Å². The van der Waals surface area contributed by atoms with Gasteiger partial charge in [-0.3, -0.25) is 18.5 Å². The number of para-hydroxylation sites is 1. The topological polar surface area (TPSA) is 89.6 Å². The van der Waals surface area contributed by atoms with Crippen LogP contribution in [0.25, 0.3) is 22.1 Å². The Morgan fingerprint density at radius 2 is 1.72 bits per heavy atom. The largest absolute Gasteiger partial charge is 0.361 e. The van der Waals surface area contributed by atoms with E-state index in [2.05, 4.69) is 27.4 Å². The maximum atomic E-state index is 13.0. The third-order valence-corrected chi connectivity index (χ3v) is 5.88. The van der Waals surface area contributed by atoms with Gasteiger partial charge in [0.1, 0.15) is 0 Å². The van der Waals surface area contributed by atoms with E-state index < -0.39 is 5.69 Å². The molecule has 3 aromatic heterocycles. The van der Waals surface area contributed by atoms with Gasteiger partial charge in [-0.2, -0.15) is 4.98 Å². The molecule has 8 nitrogen and oxygen atoms in total. The molecule has 0 fully saturated rings. The van der Waals surface area contributed by atoms with E-state index in [4.69, 9.17) is 0 Å². The Hall–Kier alpha value is -4.07. The normalized spacial score (nSPS) is 11.4. The molecule has 0 saturated carbocycles. The van der Waals surface area contributed by atoms with Crippen molar-refractivity contribution in [2.24, 2.45) is 14.1 Å². The molecule has 0 radical (unpaired) electrons. The van der Waals surface area contributed by atoms with Crippen LogP contribution < -0.4 is 16.6 Å². The Morgan fingerprint density at radius 3 is 2.53 bits per heavy atom. The number of aryl methyl sites for hydroxylation is 1. The van der Waals surface area contributed by atoms with Crippen molar-refractivity contribution in [3.8, 4) is 0 Å². The van der Waals surface area contributed by atoms with Gasteiger partial charge in [-0.15, -0.1) is 0 Å². The highest BCUT2D eigenvalue weighted by atomic mass is 16.2. The Bertz CT molecular complexity index is 1540. The molecule has 0 bridgehead atoms. The zero-order valence-electron chi connectivity index (χ0n) is 18.0. The van der Waals surface area contributed by atoms with Gasteiger partial charge in [0.05, 0.1) is 6.54 Å². The van der Waals surface area contributed by atoms with Crippen molar-refractivity contribution in [1.82, 2.24) is 23.7 Å². The summed E-state index contributed by atoms with van der Waals surface area (Å²) in [6, 6.07) is 18.1. The number of aromatic nitrogens is 5. The molecule has 0 aliphatic rings. The minimum atomic E-state index is -0.391. The van der Waals surface area contributed by atoms with Gasteiger partial charge in [-0.1, -0.05) is 48.5 Å². The smallest absolute Gasteiger partial charge is 0.332 e. The van der Waals surface area contributed by atoms with Gasteiger partial charge in [0, 0.05) is 37.7 Å². The van der Waals surface area contributed by atoms with Crippen LogP contribution in [-0.2, 0) is 27.1 Å². The number of nitrogens with one attached hydrogen (secondary N) is 2. The van der Waals surface area contributed by atoms with E-state index in [9.17, 15) is 9.59 Å². The van der Waals surface area contributed by atoms with Crippen molar-refractivity contribution in [2.75, 3.05) is 11.9 Å². The number of aromatic amines is 1. The molecule has 3 heterocycles. The molecule has 5 rings (SSSR count). The SMILES string of the molecule is Cn1c(=O)c2c(nc(NCCc3c[nH]c4ccccc34)n2Cc2ccccc2)n(C)c1=O. The van der Waals surface area contributed by atoms with Crippen LogP contribution in [0.15, 0.2) is 70.4 Å². The van der Waals surface area contributed by atoms with Crippen LogP contribution in [0.3, 0.4) is 0 Å². The summed E-state index contributed by atoms with van der Waals surface area (Å²) in [7, 11) is 3.13. The number of rotatable bonds is 6. The molecule has 0 saturated heterocycles. The van der Waals surface area contributed by atoms with Crippen molar-refractivity contribution in [3.05, 3.63) is 92.8 Å². The Balaban J connectivity index is 1.53. The maximum absolute atomic E-state index is 13.0. The molecule has 0 spiro atoms. The summed E-state index contributed by atoms with van der Waals surface area (Å²) >= 11 is 0. The van der Waals surface area contributed by atoms with E-state index >= 15 is 0 Å². The maximum Gasteiger partial charge on any atom is 0.332 e. The minimum Gasteiger partial charge on any atom is -0.361 e. The molecule has 5 aromatic rings. The number of hydrogen-bond donors (Lipinski definition) is 2. The summed E-state index contributed by atoms with van der Waals surface area (Å²) in [6.07, 6.45) is 2.81. The van der Waals surface area contributed by atoms with Crippen LogP contribution in [-0.4, -0.2) is 30.2 Å². The van der Waals surface area contributed by atoms with Gasteiger partial charge in [0.25, 0.3) is 5.56 Å². The monoisotopic (exact) mass is 428 g/mol. The molecule has 162 valence electrons. The summed E-state index contributed by atoms with van der Waals surface area (Å²) < 4.78 is 4.41. The van der Waals surface area contributed by atoms with Crippen molar-refractivity contribution in [2.45, 2.75) is 13.0 Å². The lowest BCUT2D eigenvalue weighted by Crippen LogP contribution is -2.37. The molecule has 2 aromatic carbocycles. The molecule has 0 atom stereocenters. The van der Waals surface area contributed by atoms with Crippen LogP contribution in [0.1, 0.15) is 11.1 Å². The summed E-state index contributed by atoms with van der Waals surface area (Å²) in [6.45, 7) is 1.11. The molecule has 2 N–H and O–H groups in total. The second-order valence-electron chi connectivity index (χ2n) is 7.92. The van der Waals surface area contributed by atoms with Crippen molar-refractivity contribution in [1.29, 1.82) is 0 Å². The average molecular weight is 428 g/mol. The van der Waals surface area contributed by atoms with Crippen LogP contribution in [0, 0.1) is 0 Å². The summed E-state index contributed by atoms with van der Waals surface area (Å²) in [5, 5.41) is 4.59. The zero-order valence-corrected chi connectivity index (χ0v) is 18.0. The predicted molar refractivity (Wildman–Crippen MR) is 126 cm³/mol. The quantitative estimate of drug-likeness (QED) is 0.435. The van der Waals surface area contributed by atoms with E-state index in [1.54, 1.807) is 7.05 Å². The highest BCUT2D eigenvalue weighted by Crippen LogP contribution is 2.20. The number of anilines is 1. The highest BCUT2D eigenvalue weighted by Gasteiger charge is 2.19. The Morgan fingerprint density at radius 1 is 0.969 bits per heavy atom. The lowest BCUT2D eigenvalue weighted by Gasteiger charge is -2.11. The molecule has 32 heavy (non-hydrogen) atoms. The Kier molecular flexibility index (Phi) is 4.89. The molecule has 8 heteroatoms. The van der Waals surface area contributed by atoms with E-state index in [-0.39, 0.29) is 5.56 Å². The molecular formula is C24H24N6O2. The van der Waals surface area contributed by atoms with E-state index in [0.29, 0.717) is 30.2 Å². The summed E-state index contributed by atoms with van der Waals surface area (Å²) in [5.74, 6) is 0.571. The van der Waals surface area contributed by atoms with Gasteiger partial charge in [0.2, 0.25) is 5.95 Å². The van der Waals surface area contributed by atoms with Crippen LogP contribution in [0.5, 0.6) is 0 Å². The first-order valence-electron chi connectivity index (χ1n) is 10.5. The molecular weight excluding hydrogens is 404 g/mol. The van der Waals surface area contributed by atoms with Gasteiger partial charge < -0.3 is 10.3 Å². The van der Waals surface area contributed by atoms with E-state index in [0.717, 1.165) is 22.1 Å². The average Bonchev–Trinajstić information content (AvgIpc) is 3.39. The van der Waals surface area contributed by atoms with Crippen molar-refractivity contribution in [3.63, 3.8) is 0 Å². The molecule has 0 aliphatic carbocycles. The summed E-state index contributed by atoms with van der Waals surface area (Å²) in [5.41, 5.74) is 3.41. The lowest BCUT2D eigenvalue weighted by molar-refractivity contribution is 0.702. The standard InChI is InChI=1S/C24H24N6O2/c1-28-21-20(22(31)29(2)24(28)32)30(15-16-8-4-3-5-9-16)23(27-21)25-13-12-17-14-26-19-11-7-6-10-18(17)19/h3-11,14,26H,12-13,15H2,1-2H3,(H,25,27). The fraction of sp³-hybridized carbons (Fsp3) is 0.208. The molecule has 0 unspecified atom stereocenters. The van der Waals surface area contributed by atoms with Crippen LogP contribution >= 0.6 is 0 Å². The second-order valence-corrected chi connectivity index (χ2v) is 7.92. The van der Waals surface area contributed by atoms with Gasteiger partial charge in [0.15, 0.2) is 11.2 Å². The van der Waals surface area contributed by atoms with Crippen molar-refractivity contribution >= 4 is 28.0 Å². The second kappa shape index (κ2) is 7.88. The number of imidazole rings is 1. The molecule has 0 amide bonds. The first kappa shape index (κ1) is 19.9. The van der Waals surface area contributed by atoms with E-state index in [1.165, 1.54) is 22.6 Å². The fourth-order valence-corrected chi connectivity index (χ4v) is 4.15. The highest BCUT2D eigenvalue weighted by molar-refractivity contribution is 5.83. The number of nitrogens with zero attached hydrogens (tertiary/aromatic N) is 4. The minimum absolute atomic E-state index is 0.351. The fourth-order valence-electron chi connectivity index (χ4n) is 4.15. The third kappa shape index (κ3) is 3.30. The van der Waals surface area contributed by atoms with Crippen LogP contribution in [0.4, 0.5) is 5.95 Å². The predicted octanol–water partition coefficient (Wildman–Crippen LogP) is 2.62. The first-order chi connectivity index (χ1) is 15.5. The summed E-state index contributed by atoms with van der Waals surface area (Å²) in [4.78, 5) is 33.4. The van der Waals surface area contributed by atoms with Gasteiger partial charge in [-0.05, 0) is 23.6 Å². The number of benzene rings is 2. The first-order valence-corrected chi connectivity index (χ1v) is 10.5. The van der Waals surface area contributed by atoms with E-state index in [1.807, 2.05) is 53.2 Å². The zero-order chi connectivity index (χ0) is 22.2. The third-order valence-electron chi connectivity index (χ3n) is 5.88. The lowest BCUT2D eigenvalue weighted by atomic mass is 10.1. The number of fused-ring (bicyclic) bond motifs is 2. The molecule has 0 aliphatic heterocycles. The van der Waals surface area contributed by atoms with Gasteiger partial charge >= 0.3 is 5.69 Å². The number of hydrogen-bond acceptors (Lipinski definition) is 4. The number of H-pyrrole nitrogens is 1. The van der Waals surface area contributed by atoms with Crippen LogP contribution in [0.2, 0.25) is 0 Å².